The topological polar surface area (TPSA) is 29.5 Å². The van der Waals surface area contributed by atoms with Gasteiger partial charge in [-0.25, -0.2) is 0 Å². The summed E-state index contributed by atoms with van der Waals surface area (Å²) in [5, 5.41) is 9.35. The highest BCUT2D eigenvalue weighted by atomic mass is 16.5. The Morgan fingerprint density at radius 2 is 1.58 bits per heavy atom. The standard InChI is InChI=1S/C17H20O2/c1-12-4-5-17(16(9-12)10-18)19-11-15-7-13(2)6-14(3)8-15/h4-9,18H,10-11H2,1-3H3. The van der Waals surface area contributed by atoms with Gasteiger partial charge in [-0.2, -0.15) is 0 Å². The van der Waals surface area contributed by atoms with Gasteiger partial charge in [-0.3, -0.25) is 0 Å². The van der Waals surface area contributed by atoms with Crippen LogP contribution in [0.3, 0.4) is 0 Å². The number of aryl methyl sites for hydroxylation is 3. The van der Waals surface area contributed by atoms with Gasteiger partial charge >= 0.3 is 0 Å². The van der Waals surface area contributed by atoms with Gasteiger partial charge in [0.1, 0.15) is 12.4 Å². The Balaban J connectivity index is 2.14. The van der Waals surface area contributed by atoms with Crippen molar-refractivity contribution in [3.05, 3.63) is 64.2 Å². The van der Waals surface area contributed by atoms with Gasteiger partial charge in [-0.15, -0.1) is 0 Å². The maximum Gasteiger partial charge on any atom is 0.125 e. The molecule has 0 spiro atoms. The molecule has 2 heteroatoms. The van der Waals surface area contributed by atoms with Gasteiger partial charge in [0.15, 0.2) is 0 Å². The van der Waals surface area contributed by atoms with Crippen LogP contribution in [0.15, 0.2) is 36.4 Å². The van der Waals surface area contributed by atoms with Crippen molar-refractivity contribution in [2.45, 2.75) is 34.0 Å². The lowest BCUT2D eigenvalue weighted by molar-refractivity contribution is 0.259. The molecule has 0 aromatic heterocycles. The minimum absolute atomic E-state index is 0.00383. The van der Waals surface area contributed by atoms with E-state index in [2.05, 4.69) is 32.0 Å². The van der Waals surface area contributed by atoms with Gasteiger partial charge in [0, 0.05) is 5.56 Å². The van der Waals surface area contributed by atoms with Crippen LogP contribution in [-0.2, 0) is 13.2 Å². The second kappa shape index (κ2) is 5.89. The Morgan fingerprint density at radius 3 is 2.21 bits per heavy atom. The van der Waals surface area contributed by atoms with E-state index < -0.39 is 0 Å². The van der Waals surface area contributed by atoms with E-state index in [4.69, 9.17) is 4.74 Å². The third kappa shape index (κ3) is 3.58. The SMILES string of the molecule is Cc1cc(C)cc(COc2ccc(C)cc2CO)c1. The van der Waals surface area contributed by atoms with E-state index in [1.807, 2.05) is 25.1 Å². The second-order valence-corrected chi connectivity index (χ2v) is 5.05. The Kier molecular flexibility index (Phi) is 4.23. The summed E-state index contributed by atoms with van der Waals surface area (Å²) >= 11 is 0. The van der Waals surface area contributed by atoms with Crippen molar-refractivity contribution in [3.63, 3.8) is 0 Å². The van der Waals surface area contributed by atoms with Crippen LogP contribution in [0.25, 0.3) is 0 Å². The summed E-state index contributed by atoms with van der Waals surface area (Å²) in [4.78, 5) is 0. The summed E-state index contributed by atoms with van der Waals surface area (Å²) in [6, 6.07) is 12.3. The van der Waals surface area contributed by atoms with E-state index in [1.54, 1.807) is 0 Å². The van der Waals surface area contributed by atoms with E-state index in [0.29, 0.717) is 6.61 Å². The summed E-state index contributed by atoms with van der Waals surface area (Å²) in [6.45, 7) is 6.71. The summed E-state index contributed by atoms with van der Waals surface area (Å²) in [5.74, 6) is 0.757. The summed E-state index contributed by atoms with van der Waals surface area (Å²) in [7, 11) is 0. The van der Waals surface area contributed by atoms with Crippen LogP contribution >= 0.6 is 0 Å². The van der Waals surface area contributed by atoms with Gasteiger partial charge in [0.2, 0.25) is 0 Å². The molecule has 0 fully saturated rings. The lowest BCUT2D eigenvalue weighted by atomic mass is 10.1. The van der Waals surface area contributed by atoms with Crippen molar-refractivity contribution in [1.82, 2.24) is 0 Å². The summed E-state index contributed by atoms with van der Waals surface area (Å²) in [6.07, 6.45) is 0. The van der Waals surface area contributed by atoms with Crippen molar-refractivity contribution in [3.8, 4) is 5.75 Å². The molecule has 0 saturated carbocycles. The zero-order chi connectivity index (χ0) is 13.8. The number of hydrogen-bond acceptors (Lipinski definition) is 2. The van der Waals surface area contributed by atoms with Crippen molar-refractivity contribution < 1.29 is 9.84 Å². The number of rotatable bonds is 4. The first-order chi connectivity index (χ1) is 9.08. The predicted octanol–water partition coefficient (Wildman–Crippen LogP) is 3.68. The lowest BCUT2D eigenvalue weighted by Crippen LogP contribution is -2.00. The first-order valence-electron chi connectivity index (χ1n) is 6.49. The Morgan fingerprint density at radius 1 is 0.895 bits per heavy atom. The fraction of sp³-hybridized carbons (Fsp3) is 0.294. The Hall–Kier alpha value is -1.80. The van der Waals surface area contributed by atoms with Crippen molar-refractivity contribution in [2.75, 3.05) is 0 Å². The largest absolute Gasteiger partial charge is 0.489 e. The van der Waals surface area contributed by atoms with Crippen LogP contribution in [0.2, 0.25) is 0 Å². The van der Waals surface area contributed by atoms with Crippen LogP contribution in [0.4, 0.5) is 0 Å². The molecule has 0 amide bonds. The maximum atomic E-state index is 9.35. The predicted molar refractivity (Wildman–Crippen MR) is 77.3 cm³/mol. The molecule has 2 nitrogen and oxygen atoms in total. The Bertz CT molecular complexity index is 553. The molecule has 0 radical (unpaired) electrons. The fourth-order valence-corrected chi connectivity index (χ4v) is 2.29. The molecular weight excluding hydrogens is 236 g/mol. The Labute approximate surface area is 114 Å². The van der Waals surface area contributed by atoms with E-state index in [9.17, 15) is 5.11 Å². The number of aliphatic hydroxyl groups is 1. The second-order valence-electron chi connectivity index (χ2n) is 5.05. The quantitative estimate of drug-likeness (QED) is 0.904. The molecule has 0 atom stereocenters. The molecule has 0 aliphatic carbocycles. The smallest absolute Gasteiger partial charge is 0.125 e. The number of aliphatic hydroxyl groups excluding tert-OH is 1. The monoisotopic (exact) mass is 256 g/mol. The molecule has 1 N–H and O–H groups in total. The highest BCUT2D eigenvalue weighted by molar-refractivity contribution is 5.37. The van der Waals surface area contributed by atoms with Gasteiger partial charge in [0.25, 0.3) is 0 Å². The number of benzene rings is 2. The van der Waals surface area contributed by atoms with E-state index >= 15 is 0 Å². The minimum atomic E-state index is 0.00383. The molecule has 0 aliphatic rings. The van der Waals surface area contributed by atoms with Crippen LogP contribution in [0.1, 0.15) is 27.8 Å². The van der Waals surface area contributed by atoms with Crippen LogP contribution in [-0.4, -0.2) is 5.11 Å². The number of ether oxygens (including phenoxy) is 1. The molecule has 0 unspecified atom stereocenters. The molecule has 2 aromatic carbocycles. The third-order valence-electron chi connectivity index (χ3n) is 3.06. The minimum Gasteiger partial charge on any atom is -0.489 e. The zero-order valence-corrected chi connectivity index (χ0v) is 11.7. The van der Waals surface area contributed by atoms with Gasteiger partial charge in [-0.1, -0.05) is 47.0 Å². The molecule has 2 rings (SSSR count). The van der Waals surface area contributed by atoms with Gasteiger partial charge in [-0.05, 0) is 32.4 Å². The first kappa shape index (κ1) is 13.6. The molecule has 2 aromatic rings. The first-order valence-corrected chi connectivity index (χ1v) is 6.49. The van der Waals surface area contributed by atoms with Crippen LogP contribution < -0.4 is 4.74 Å². The van der Waals surface area contributed by atoms with Crippen molar-refractivity contribution in [1.29, 1.82) is 0 Å². The normalized spacial score (nSPS) is 10.5. The molecule has 100 valence electrons. The molecule has 19 heavy (non-hydrogen) atoms. The fourth-order valence-electron chi connectivity index (χ4n) is 2.29. The highest BCUT2D eigenvalue weighted by Crippen LogP contribution is 2.21. The molecular formula is C17H20O2. The van der Waals surface area contributed by atoms with Crippen molar-refractivity contribution >= 4 is 0 Å². The third-order valence-corrected chi connectivity index (χ3v) is 3.06. The molecule has 0 heterocycles. The average molecular weight is 256 g/mol. The van der Waals surface area contributed by atoms with E-state index in [0.717, 1.165) is 22.4 Å². The van der Waals surface area contributed by atoms with Gasteiger partial charge < -0.3 is 9.84 Å². The van der Waals surface area contributed by atoms with E-state index in [1.165, 1.54) is 11.1 Å². The zero-order valence-electron chi connectivity index (χ0n) is 11.7. The molecule has 0 saturated heterocycles. The molecule has 0 aliphatic heterocycles. The summed E-state index contributed by atoms with van der Waals surface area (Å²) in [5.41, 5.74) is 5.60. The van der Waals surface area contributed by atoms with Crippen molar-refractivity contribution in [2.24, 2.45) is 0 Å². The van der Waals surface area contributed by atoms with E-state index in [-0.39, 0.29) is 6.61 Å². The lowest BCUT2D eigenvalue weighted by Gasteiger charge is -2.12. The van der Waals surface area contributed by atoms with Crippen LogP contribution in [0.5, 0.6) is 5.75 Å². The molecule has 0 bridgehead atoms. The summed E-state index contributed by atoms with van der Waals surface area (Å²) < 4.78 is 5.82. The number of hydrogen-bond donors (Lipinski definition) is 1. The van der Waals surface area contributed by atoms with Crippen LogP contribution in [0, 0.1) is 20.8 Å². The highest BCUT2D eigenvalue weighted by Gasteiger charge is 2.04. The maximum absolute atomic E-state index is 9.35. The average Bonchev–Trinajstić information content (AvgIpc) is 2.36. The van der Waals surface area contributed by atoms with Gasteiger partial charge in [0.05, 0.1) is 6.61 Å².